The predicted octanol–water partition coefficient (Wildman–Crippen LogP) is 0.319. The van der Waals surface area contributed by atoms with Crippen LogP contribution in [-0.4, -0.2) is 12.6 Å². The first-order chi connectivity index (χ1) is 4.09. The lowest BCUT2D eigenvalue weighted by molar-refractivity contribution is 0.0449. The van der Waals surface area contributed by atoms with Crippen LogP contribution < -0.4 is 11.5 Å². The highest BCUT2D eigenvalue weighted by molar-refractivity contribution is 4.99. The van der Waals surface area contributed by atoms with Crippen LogP contribution in [0.5, 0.6) is 0 Å². The van der Waals surface area contributed by atoms with Crippen molar-refractivity contribution in [2.75, 3.05) is 6.54 Å². The first kappa shape index (κ1) is 7.03. The summed E-state index contributed by atoms with van der Waals surface area (Å²) in [4.78, 5) is 0. The topological polar surface area (TPSA) is 52.0 Å². The molecule has 0 amide bonds. The Balaban J connectivity index is 2.48. The van der Waals surface area contributed by atoms with Crippen molar-refractivity contribution in [3.05, 3.63) is 0 Å². The Morgan fingerprint density at radius 3 is 2.22 bits per heavy atom. The maximum absolute atomic E-state index is 5.77. The Hall–Kier alpha value is -0.0800. The van der Waals surface area contributed by atoms with Gasteiger partial charge in [0.25, 0.3) is 0 Å². The molecule has 9 heavy (non-hydrogen) atoms. The van der Waals surface area contributed by atoms with Gasteiger partial charge in [-0.15, -0.1) is 0 Å². The van der Waals surface area contributed by atoms with Gasteiger partial charge >= 0.3 is 0 Å². The summed E-state index contributed by atoms with van der Waals surface area (Å²) in [5.41, 5.74) is 11.6. The highest BCUT2D eigenvalue weighted by Crippen LogP contribution is 2.43. The molecule has 0 heterocycles. The first-order valence-electron chi connectivity index (χ1n) is 3.54. The Bertz CT molecular complexity index is 109. The third-order valence-electron chi connectivity index (χ3n) is 2.83. The van der Waals surface area contributed by atoms with E-state index in [9.17, 15) is 0 Å². The third-order valence-corrected chi connectivity index (χ3v) is 2.83. The minimum absolute atomic E-state index is 0.300. The average Bonchev–Trinajstić information content (AvgIpc) is 1.82. The predicted molar refractivity (Wildman–Crippen MR) is 38.9 cm³/mol. The molecule has 2 nitrogen and oxygen atoms in total. The van der Waals surface area contributed by atoms with Gasteiger partial charge in [0.2, 0.25) is 0 Å². The van der Waals surface area contributed by atoms with Gasteiger partial charge in [0, 0.05) is 6.04 Å². The number of hydrogen-bond donors (Lipinski definition) is 2. The molecule has 1 aliphatic rings. The summed E-state index contributed by atoms with van der Waals surface area (Å²) in [7, 11) is 0. The van der Waals surface area contributed by atoms with Gasteiger partial charge in [-0.25, -0.2) is 0 Å². The maximum atomic E-state index is 5.77. The highest BCUT2D eigenvalue weighted by Gasteiger charge is 2.44. The molecule has 1 aliphatic carbocycles. The van der Waals surface area contributed by atoms with Crippen LogP contribution in [0.4, 0.5) is 0 Å². The largest absolute Gasteiger partial charge is 0.330 e. The molecule has 0 aromatic rings. The summed E-state index contributed by atoms with van der Waals surface area (Å²) < 4.78 is 0. The van der Waals surface area contributed by atoms with Crippen LogP contribution in [0.2, 0.25) is 0 Å². The molecule has 1 fully saturated rings. The average molecular weight is 128 g/mol. The quantitative estimate of drug-likeness (QED) is 0.534. The molecule has 0 unspecified atom stereocenters. The smallest absolute Gasteiger partial charge is 0.00967 e. The van der Waals surface area contributed by atoms with Crippen molar-refractivity contribution in [3.63, 3.8) is 0 Å². The van der Waals surface area contributed by atoms with E-state index in [1.807, 2.05) is 0 Å². The standard InChI is InChI=1S/C7H16N2/c1-7(2)5(4-8)3-6(7)9/h5-6H,3-4,8-9H2,1-2H3/t5-,6-/m0/s1. The van der Waals surface area contributed by atoms with E-state index in [2.05, 4.69) is 13.8 Å². The molecule has 1 rings (SSSR count). The second kappa shape index (κ2) is 1.96. The van der Waals surface area contributed by atoms with Gasteiger partial charge in [-0.2, -0.15) is 0 Å². The summed E-state index contributed by atoms with van der Waals surface area (Å²) >= 11 is 0. The molecule has 0 spiro atoms. The second-order valence-corrected chi connectivity index (χ2v) is 3.60. The normalized spacial score (nSPS) is 40.0. The highest BCUT2D eigenvalue weighted by atomic mass is 14.8. The Morgan fingerprint density at radius 2 is 2.11 bits per heavy atom. The molecule has 54 valence electrons. The SMILES string of the molecule is CC1(C)[C@H](CN)C[C@@H]1N. The summed E-state index contributed by atoms with van der Waals surface area (Å²) in [6.07, 6.45) is 1.11. The number of nitrogens with two attached hydrogens (primary N) is 2. The van der Waals surface area contributed by atoms with Gasteiger partial charge in [-0.3, -0.25) is 0 Å². The van der Waals surface area contributed by atoms with E-state index in [1.165, 1.54) is 0 Å². The number of hydrogen-bond acceptors (Lipinski definition) is 2. The van der Waals surface area contributed by atoms with Crippen LogP contribution in [0.3, 0.4) is 0 Å². The van der Waals surface area contributed by atoms with Crippen LogP contribution in [0.25, 0.3) is 0 Å². The van der Waals surface area contributed by atoms with Gasteiger partial charge in [-0.05, 0) is 24.3 Å². The molecule has 2 heteroatoms. The maximum Gasteiger partial charge on any atom is 0.00967 e. The van der Waals surface area contributed by atoms with Crippen LogP contribution in [-0.2, 0) is 0 Å². The minimum atomic E-state index is 0.300. The summed E-state index contributed by atoms with van der Waals surface area (Å²) in [6.45, 7) is 5.18. The van der Waals surface area contributed by atoms with Crippen molar-refractivity contribution in [2.45, 2.75) is 26.3 Å². The molecular formula is C7H16N2. The Kier molecular flexibility index (Phi) is 1.53. The van der Waals surface area contributed by atoms with Crippen molar-refractivity contribution in [3.8, 4) is 0 Å². The summed E-state index contributed by atoms with van der Waals surface area (Å²) in [5, 5.41) is 0. The van der Waals surface area contributed by atoms with E-state index in [4.69, 9.17) is 11.5 Å². The lowest BCUT2D eigenvalue weighted by Crippen LogP contribution is -2.56. The van der Waals surface area contributed by atoms with Crippen LogP contribution in [0.15, 0.2) is 0 Å². The Morgan fingerprint density at radius 1 is 1.56 bits per heavy atom. The van der Waals surface area contributed by atoms with Crippen LogP contribution in [0, 0.1) is 11.3 Å². The first-order valence-corrected chi connectivity index (χ1v) is 3.54. The van der Waals surface area contributed by atoms with Gasteiger partial charge in [0.15, 0.2) is 0 Å². The van der Waals surface area contributed by atoms with Gasteiger partial charge in [-0.1, -0.05) is 13.8 Å². The molecule has 1 saturated carbocycles. The van der Waals surface area contributed by atoms with Crippen LogP contribution >= 0.6 is 0 Å². The Labute approximate surface area is 56.6 Å². The molecule has 4 N–H and O–H groups in total. The molecule has 2 atom stereocenters. The molecule has 0 radical (unpaired) electrons. The zero-order valence-corrected chi connectivity index (χ0v) is 6.22. The van der Waals surface area contributed by atoms with Gasteiger partial charge in [0.1, 0.15) is 0 Å². The summed E-state index contributed by atoms with van der Waals surface area (Å²) in [5.74, 6) is 0.660. The fraction of sp³-hybridized carbons (Fsp3) is 1.00. The van der Waals surface area contributed by atoms with E-state index in [0.29, 0.717) is 17.4 Å². The lowest BCUT2D eigenvalue weighted by atomic mass is 9.59. The lowest BCUT2D eigenvalue weighted by Gasteiger charge is -2.50. The molecule has 0 bridgehead atoms. The van der Waals surface area contributed by atoms with E-state index >= 15 is 0 Å². The zero-order valence-electron chi connectivity index (χ0n) is 6.22. The fourth-order valence-corrected chi connectivity index (χ4v) is 1.46. The fourth-order valence-electron chi connectivity index (χ4n) is 1.46. The van der Waals surface area contributed by atoms with E-state index in [1.54, 1.807) is 0 Å². The van der Waals surface area contributed by atoms with Crippen molar-refractivity contribution in [2.24, 2.45) is 22.8 Å². The van der Waals surface area contributed by atoms with Gasteiger partial charge in [0.05, 0.1) is 0 Å². The van der Waals surface area contributed by atoms with Crippen molar-refractivity contribution >= 4 is 0 Å². The molecule has 0 aromatic carbocycles. The van der Waals surface area contributed by atoms with Crippen molar-refractivity contribution in [1.29, 1.82) is 0 Å². The van der Waals surface area contributed by atoms with E-state index < -0.39 is 0 Å². The molecular weight excluding hydrogens is 112 g/mol. The van der Waals surface area contributed by atoms with Crippen molar-refractivity contribution < 1.29 is 0 Å². The van der Waals surface area contributed by atoms with Crippen LogP contribution in [0.1, 0.15) is 20.3 Å². The minimum Gasteiger partial charge on any atom is -0.330 e. The molecule has 0 saturated heterocycles. The second-order valence-electron chi connectivity index (χ2n) is 3.60. The van der Waals surface area contributed by atoms with Gasteiger partial charge < -0.3 is 11.5 Å². The van der Waals surface area contributed by atoms with E-state index in [0.717, 1.165) is 13.0 Å². The zero-order chi connectivity index (χ0) is 7.07. The van der Waals surface area contributed by atoms with Crippen molar-refractivity contribution in [1.82, 2.24) is 0 Å². The monoisotopic (exact) mass is 128 g/mol. The molecule has 0 aromatic heterocycles. The molecule has 0 aliphatic heterocycles. The number of rotatable bonds is 1. The summed E-state index contributed by atoms with van der Waals surface area (Å²) in [6, 6.07) is 0.381. The third kappa shape index (κ3) is 0.864. The van der Waals surface area contributed by atoms with E-state index in [-0.39, 0.29) is 0 Å².